The lowest BCUT2D eigenvalue weighted by Gasteiger charge is -2.21. The van der Waals surface area contributed by atoms with Crippen molar-refractivity contribution < 1.29 is 0 Å². The molecular formula is C12H18N2S. The van der Waals surface area contributed by atoms with Gasteiger partial charge in [-0.2, -0.15) is 0 Å². The van der Waals surface area contributed by atoms with Gasteiger partial charge >= 0.3 is 0 Å². The molecule has 15 heavy (non-hydrogen) atoms. The van der Waals surface area contributed by atoms with E-state index in [1.807, 2.05) is 18.0 Å². The average molecular weight is 222 g/mol. The molecule has 3 heteroatoms. The van der Waals surface area contributed by atoms with Crippen molar-refractivity contribution in [3.63, 3.8) is 0 Å². The van der Waals surface area contributed by atoms with Gasteiger partial charge in [-0.1, -0.05) is 0 Å². The van der Waals surface area contributed by atoms with Gasteiger partial charge in [-0.05, 0) is 56.5 Å². The zero-order valence-corrected chi connectivity index (χ0v) is 10.0. The van der Waals surface area contributed by atoms with Crippen LogP contribution in [-0.2, 0) is 0 Å². The molecule has 0 spiro atoms. The number of hydrogen-bond donors (Lipinski definition) is 1. The van der Waals surface area contributed by atoms with Gasteiger partial charge in [-0.3, -0.25) is 0 Å². The summed E-state index contributed by atoms with van der Waals surface area (Å²) in [5.74, 6) is 2.09. The lowest BCUT2D eigenvalue weighted by Crippen LogP contribution is -2.28. The number of nitrogens with one attached hydrogen (secondary N) is 1. The summed E-state index contributed by atoms with van der Waals surface area (Å²) in [6.45, 7) is 4.50. The van der Waals surface area contributed by atoms with Gasteiger partial charge in [0.2, 0.25) is 0 Å². The Bertz CT molecular complexity index is 308. The minimum atomic E-state index is 0.874. The highest BCUT2D eigenvalue weighted by Gasteiger charge is 2.13. The number of rotatable bonds is 3. The van der Waals surface area contributed by atoms with Gasteiger partial charge < -0.3 is 5.32 Å². The van der Waals surface area contributed by atoms with Crippen molar-refractivity contribution in [3.8, 4) is 0 Å². The van der Waals surface area contributed by atoms with Crippen molar-refractivity contribution in [1.29, 1.82) is 0 Å². The van der Waals surface area contributed by atoms with E-state index in [-0.39, 0.29) is 0 Å². The van der Waals surface area contributed by atoms with E-state index in [9.17, 15) is 0 Å². The fraction of sp³-hybridized carbons (Fsp3) is 0.583. The Morgan fingerprint density at radius 3 is 3.00 bits per heavy atom. The molecule has 0 bridgehead atoms. The smallest absolute Gasteiger partial charge is 0.0962 e. The largest absolute Gasteiger partial charge is 0.317 e. The van der Waals surface area contributed by atoms with E-state index in [4.69, 9.17) is 0 Å². The van der Waals surface area contributed by atoms with Crippen LogP contribution in [0.25, 0.3) is 0 Å². The molecule has 1 aromatic heterocycles. The second kappa shape index (κ2) is 5.52. The van der Waals surface area contributed by atoms with Crippen LogP contribution < -0.4 is 5.32 Å². The van der Waals surface area contributed by atoms with Gasteiger partial charge in [0.1, 0.15) is 0 Å². The van der Waals surface area contributed by atoms with E-state index in [0.29, 0.717) is 0 Å². The molecule has 0 atom stereocenters. The van der Waals surface area contributed by atoms with Crippen LogP contribution in [0.2, 0.25) is 0 Å². The zero-order valence-electron chi connectivity index (χ0n) is 9.20. The molecule has 0 unspecified atom stereocenters. The maximum absolute atomic E-state index is 4.37. The number of piperidine rings is 1. The van der Waals surface area contributed by atoms with Crippen molar-refractivity contribution in [2.45, 2.75) is 24.8 Å². The second-order valence-electron chi connectivity index (χ2n) is 4.18. The quantitative estimate of drug-likeness (QED) is 0.795. The first-order chi connectivity index (χ1) is 7.34. The van der Waals surface area contributed by atoms with E-state index in [1.54, 1.807) is 0 Å². The SMILES string of the molecule is Cc1ccnc(SCC2CCNCC2)c1. The summed E-state index contributed by atoms with van der Waals surface area (Å²) in [5.41, 5.74) is 1.30. The molecule has 0 radical (unpaired) electrons. The third-order valence-corrected chi connectivity index (χ3v) is 3.97. The molecule has 0 saturated carbocycles. The highest BCUT2D eigenvalue weighted by Crippen LogP contribution is 2.23. The summed E-state index contributed by atoms with van der Waals surface area (Å²) < 4.78 is 0. The van der Waals surface area contributed by atoms with Gasteiger partial charge in [-0.25, -0.2) is 4.98 Å². The predicted molar refractivity (Wildman–Crippen MR) is 65.3 cm³/mol. The van der Waals surface area contributed by atoms with Crippen molar-refractivity contribution >= 4 is 11.8 Å². The molecular weight excluding hydrogens is 204 g/mol. The summed E-state index contributed by atoms with van der Waals surface area (Å²) in [4.78, 5) is 4.37. The van der Waals surface area contributed by atoms with E-state index < -0.39 is 0 Å². The Balaban J connectivity index is 1.81. The number of pyridine rings is 1. The molecule has 0 aromatic carbocycles. The van der Waals surface area contributed by atoms with Crippen LogP contribution in [0.1, 0.15) is 18.4 Å². The Morgan fingerprint density at radius 1 is 1.47 bits per heavy atom. The van der Waals surface area contributed by atoms with Crippen molar-refractivity contribution in [2.24, 2.45) is 5.92 Å². The first-order valence-electron chi connectivity index (χ1n) is 5.61. The molecule has 1 fully saturated rings. The van der Waals surface area contributed by atoms with Crippen LogP contribution in [-0.4, -0.2) is 23.8 Å². The molecule has 2 nitrogen and oxygen atoms in total. The molecule has 2 heterocycles. The van der Waals surface area contributed by atoms with Gasteiger partial charge in [-0.15, -0.1) is 11.8 Å². The molecule has 82 valence electrons. The van der Waals surface area contributed by atoms with Gasteiger partial charge in [0.25, 0.3) is 0 Å². The number of nitrogens with zero attached hydrogens (tertiary/aromatic N) is 1. The minimum absolute atomic E-state index is 0.874. The Hall–Kier alpha value is -0.540. The Kier molecular flexibility index (Phi) is 4.03. The van der Waals surface area contributed by atoms with Gasteiger partial charge in [0.05, 0.1) is 5.03 Å². The van der Waals surface area contributed by atoms with E-state index >= 15 is 0 Å². The summed E-state index contributed by atoms with van der Waals surface area (Å²) in [5, 5.41) is 4.57. The Morgan fingerprint density at radius 2 is 2.27 bits per heavy atom. The van der Waals surface area contributed by atoms with Crippen LogP contribution in [0.3, 0.4) is 0 Å². The number of aryl methyl sites for hydroxylation is 1. The van der Waals surface area contributed by atoms with Crippen LogP contribution >= 0.6 is 11.8 Å². The molecule has 1 aliphatic heterocycles. The van der Waals surface area contributed by atoms with Crippen LogP contribution in [0.5, 0.6) is 0 Å². The summed E-state index contributed by atoms with van der Waals surface area (Å²) in [7, 11) is 0. The van der Waals surface area contributed by atoms with Crippen molar-refractivity contribution in [1.82, 2.24) is 10.3 Å². The molecule has 0 amide bonds. The van der Waals surface area contributed by atoms with Crippen molar-refractivity contribution in [3.05, 3.63) is 23.9 Å². The standard InChI is InChI=1S/C12H18N2S/c1-10-2-7-14-12(8-10)15-9-11-3-5-13-6-4-11/h2,7-8,11,13H,3-6,9H2,1H3. The number of hydrogen-bond acceptors (Lipinski definition) is 3. The second-order valence-corrected chi connectivity index (χ2v) is 5.22. The van der Waals surface area contributed by atoms with E-state index in [0.717, 1.165) is 5.92 Å². The summed E-state index contributed by atoms with van der Waals surface area (Å²) in [6, 6.07) is 4.22. The predicted octanol–water partition coefficient (Wildman–Crippen LogP) is 2.48. The van der Waals surface area contributed by atoms with Gasteiger partial charge in [0, 0.05) is 11.9 Å². The van der Waals surface area contributed by atoms with Crippen molar-refractivity contribution in [2.75, 3.05) is 18.8 Å². The molecule has 1 N–H and O–H groups in total. The molecule has 1 aliphatic rings. The van der Waals surface area contributed by atoms with Gasteiger partial charge in [0.15, 0.2) is 0 Å². The third-order valence-electron chi connectivity index (χ3n) is 2.82. The maximum Gasteiger partial charge on any atom is 0.0962 e. The first-order valence-corrected chi connectivity index (χ1v) is 6.59. The maximum atomic E-state index is 4.37. The first kappa shape index (κ1) is 11.0. The van der Waals surface area contributed by atoms with Crippen LogP contribution in [0.4, 0.5) is 0 Å². The fourth-order valence-electron chi connectivity index (χ4n) is 1.84. The van der Waals surface area contributed by atoms with Crippen LogP contribution in [0, 0.1) is 12.8 Å². The number of thioether (sulfide) groups is 1. The lowest BCUT2D eigenvalue weighted by atomic mass is 10.0. The normalized spacial score (nSPS) is 17.9. The monoisotopic (exact) mass is 222 g/mol. The Labute approximate surface area is 95.9 Å². The molecule has 2 rings (SSSR count). The number of aromatic nitrogens is 1. The molecule has 1 aromatic rings. The lowest BCUT2D eigenvalue weighted by molar-refractivity contribution is 0.408. The molecule has 0 aliphatic carbocycles. The fourth-order valence-corrected chi connectivity index (χ4v) is 2.98. The topological polar surface area (TPSA) is 24.9 Å². The minimum Gasteiger partial charge on any atom is -0.317 e. The highest BCUT2D eigenvalue weighted by molar-refractivity contribution is 7.99. The highest BCUT2D eigenvalue weighted by atomic mass is 32.2. The van der Waals surface area contributed by atoms with E-state index in [1.165, 1.54) is 42.3 Å². The average Bonchev–Trinajstić information content (AvgIpc) is 2.28. The van der Waals surface area contributed by atoms with E-state index in [2.05, 4.69) is 29.4 Å². The summed E-state index contributed by atoms with van der Waals surface area (Å²) >= 11 is 1.90. The molecule has 1 saturated heterocycles. The zero-order chi connectivity index (χ0) is 10.5. The van der Waals surface area contributed by atoms with Crippen LogP contribution in [0.15, 0.2) is 23.4 Å². The summed E-state index contributed by atoms with van der Waals surface area (Å²) in [6.07, 6.45) is 4.54. The third kappa shape index (κ3) is 3.50.